The summed E-state index contributed by atoms with van der Waals surface area (Å²) < 4.78 is 31.2. The molecule has 7 heteroatoms. The van der Waals surface area contributed by atoms with Gasteiger partial charge in [0.2, 0.25) is 10.0 Å². The number of rotatable bonds is 6. The van der Waals surface area contributed by atoms with E-state index in [2.05, 4.69) is 9.46 Å². The van der Waals surface area contributed by atoms with E-state index in [1.54, 1.807) is 0 Å². The van der Waals surface area contributed by atoms with Crippen molar-refractivity contribution in [3.8, 4) is 0 Å². The van der Waals surface area contributed by atoms with Crippen LogP contribution in [0.1, 0.15) is 24.2 Å². The highest BCUT2D eigenvalue weighted by atomic mass is 32.2. The van der Waals surface area contributed by atoms with Gasteiger partial charge >= 0.3 is 5.97 Å². The summed E-state index contributed by atoms with van der Waals surface area (Å²) in [5, 5.41) is 9.17. The summed E-state index contributed by atoms with van der Waals surface area (Å²) in [5.41, 5.74) is 0.272. The molecule has 0 amide bonds. The second-order valence-electron chi connectivity index (χ2n) is 4.67. The maximum absolute atomic E-state index is 12.1. The molecule has 1 rings (SSSR count). The van der Waals surface area contributed by atoms with Crippen molar-refractivity contribution in [2.45, 2.75) is 24.8 Å². The van der Waals surface area contributed by atoms with Crippen LogP contribution in [-0.2, 0) is 14.8 Å². The monoisotopic (exact) mass is 301 g/mol. The minimum atomic E-state index is -3.73. The van der Waals surface area contributed by atoms with Gasteiger partial charge < -0.3 is 9.84 Å². The van der Waals surface area contributed by atoms with E-state index in [1.165, 1.54) is 31.4 Å². The number of carbonyl (C=O) groups is 1. The number of aliphatic hydroxyl groups is 1. The molecule has 1 aromatic rings. The third-order valence-electron chi connectivity index (χ3n) is 2.89. The van der Waals surface area contributed by atoms with Gasteiger partial charge in [-0.15, -0.1) is 0 Å². The normalized spacial score (nSPS) is 13.2. The number of benzene rings is 1. The van der Waals surface area contributed by atoms with Gasteiger partial charge in [-0.25, -0.2) is 17.9 Å². The van der Waals surface area contributed by atoms with Crippen molar-refractivity contribution >= 4 is 16.0 Å². The van der Waals surface area contributed by atoms with Gasteiger partial charge in [0.05, 0.1) is 24.2 Å². The van der Waals surface area contributed by atoms with Crippen LogP contribution in [0.25, 0.3) is 0 Å². The summed E-state index contributed by atoms with van der Waals surface area (Å²) in [6.07, 6.45) is 0. The minimum absolute atomic E-state index is 0.0317. The lowest BCUT2D eigenvalue weighted by Crippen LogP contribution is -2.41. The van der Waals surface area contributed by atoms with Crippen molar-refractivity contribution in [2.75, 3.05) is 13.7 Å². The third-order valence-corrected chi connectivity index (χ3v) is 4.40. The zero-order valence-electron chi connectivity index (χ0n) is 11.7. The van der Waals surface area contributed by atoms with Gasteiger partial charge in [0.15, 0.2) is 0 Å². The standard InChI is InChI=1S/C13H19NO5S/c1-9(2)12(8-15)14-20(17,18)11-6-4-10(5-7-11)13(16)19-3/h4-7,9,12,14-15H,8H2,1-3H3. The quantitative estimate of drug-likeness (QED) is 0.757. The smallest absolute Gasteiger partial charge is 0.337 e. The van der Waals surface area contributed by atoms with Crippen molar-refractivity contribution < 1.29 is 23.1 Å². The summed E-state index contributed by atoms with van der Waals surface area (Å²) in [5.74, 6) is -0.568. The van der Waals surface area contributed by atoms with Crippen LogP contribution in [0.15, 0.2) is 29.2 Å². The Balaban J connectivity index is 2.96. The molecule has 2 N–H and O–H groups in total. The fourth-order valence-electron chi connectivity index (χ4n) is 1.54. The van der Waals surface area contributed by atoms with Gasteiger partial charge in [-0.3, -0.25) is 0 Å². The zero-order chi connectivity index (χ0) is 15.3. The summed E-state index contributed by atoms with van der Waals surface area (Å²) in [4.78, 5) is 11.3. The highest BCUT2D eigenvalue weighted by molar-refractivity contribution is 7.89. The van der Waals surface area contributed by atoms with Gasteiger partial charge in [-0.1, -0.05) is 13.8 Å². The summed E-state index contributed by atoms with van der Waals surface area (Å²) in [6, 6.07) is 4.85. The molecule has 1 atom stereocenters. The van der Waals surface area contributed by atoms with Gasteiger partial charge in [0.25, 0.3) is 0 Å². The molecule has 0 fully saturated rings. The highest BCUT2D eigenvalue weighted by Gasteiger charge is 2.22. The number of aliphatic hydroxyl groups excluding tert-OH is 1. The number of sulfonamides is 1. The maximum Gasteiger partial charge on any atom is 0.337 e. The Labute approximate surface area is 118 Å². The largest absolute Gasteiger partial charge is 0.465 e. The Hall–Kier alpha value is -1.44. The number of ether oxygens (including phenoxy) is 1. The van der Waals surface area contributed by atoms with E-state index in [9.17, 15) is 13.2 Å². The van der Waals surface area contributed by atoms with Crippen LogP contribution in [0.3, 0.4) is 0 Å². The molecule has 112 valence electrons. The molecular weight excluding hydrogens is 282 g/mol. The lowest BCUT2D eigenvalue weighted by Gasteiger charge is -2.19. The van der Waals surface area contributed by atoms with Gasteiger partial charge in [-0.05, 0) is 30.2 Å². The minimum Gasteiger partial charge on any atom is -0.465 e. The van der Waals surface area contributed by atoms with Gasteiger partial charge in [-0.2, -0.15) is 0 Å². The van der Waals surface area contributed by atoms with Crippen LogP contribution in [-0.4, -0.2) is 39.3 Å². The van der Waals surface area contributed by atoms with E-state index in [0.717, 1.165) is 0 Å². The maximum atomic E-state index is 12.1. The SMILES string of the molecule is COC(=O)c1ccc(S(=O)(=O)NC(CO)C(C)C)cc1. The Morgan fingerprint density at radius 2 is 1.85 bits per heavy atom. The van der Waals surface area contributed by atoms with Crippen LogP contribution in [0.5, 0.6) is 0 Å². The molecule has 20 heavy (non-hydrogen) atoms. The molecule has 0 aliphatic heterocycles. The molecule has 0 aliphatic carbocycles. The van der Waals surface area contributed by atoms with Crippen molar-refractivity contribution in [3.05, 3.63) is 29.8 Å². The number of methoxy groups -OCH3 is 1. The molecule has 0 heterocycles. The van der Waals surface area contributed by atoms with E-state index in [4.69, 9.17) is 5.11 Å². The Morgan fingerprint density at radius 3 is 2.25 bits per heavy atom. The zero-order valence-corrected chi connectivity index (χ0v) is 12.5. The van der Waals surface area contributed by atoms with Crippen LogP contribution >= 0.6 is 0 Å². The fourth-order valence-corrected chi connectivity index (χ4v) is 2.92. The molecule has 6 nitrogen and oxygen atoms in total. The van der Waals surface area contributed by atoms with E-state index in [-0.39, 0.29) is 23.0 Å². The first-order valence-corrected chi connectivity index (χ1v) is 7.61. The summed E-state index contributed by atoms with van der Waals surface area (Å²) in [7, 11) is -2.47. The molecule has 0 aromatic heterocycles. The second-order valence-corrected chi connectivity index (χ2v) is 6.38. The van der Waals surface area contributed by atoms with Crippen LogP contribution in [0, 0.1) is 5.92 Å². The molecule has 0 radical (unpaired) electrons. The number of nitrogens with one attached hydrogen (secondary N) is 1. The van der Waals surface area contributed by atoms with Crippen LogP contribution in [0.4, 0.5) is 0 Å². The van der Waals surface area contributed by atoms with E-state index in [1.807, 2.05) is 13.8 Å². The number of hydrogen-bond acceptors (Lipinski definition) is 5. The highest BCUT2D eigenvalue weighted by Crippen LogP contribution is 2.13. The predicted molar refractivity (Wildman–Crippen MR) is 73.8 cm³/mol. The first-order valence-electron chi connectivity index (χ1n) is 6.13. The fraction of sp³-hybridized carbons (Fsp3) is 0.462. The Morgan fingerprint density at radius 1 is 1.30 bits per heavy atom. The molecule has 0 saturated heterocycles. The van der Waals surface area contributed by atoms with E-state index >= 15 is 0 Å². The topological polar surface area (TPSA) is 92.7 Å². The average molecular weight is 301 g/mol. The molecule has 1 unspecified atom stereocenters. The predicted octanol–water partition coefficient (Wildman–Crippen LogP) is 0.768. The van der Waals surface area contributed by atoms with Crippen LogP contribution in [0.2, 0.25) is 0 Å². The Bertz CT molecular complexity index is 551. The molecule has 0 aliphatic rings. The molecule has 0 saturated carbocycles. The van der Waals surface area contributed by atoms with Gasteiger partial charge in [0.1, 0.15) is 0 Å². The van der Waals surface area contributed by atoms with Crippen molar-refractivity contribution in [2.24, 2.45) is 5.92 Å². The van der Waals surface area contributed by atoms with Crippen molar-refractivity contribution in [1.29, 1.82) is 0 Å². The number of esters is 1. The lowest BCUT2D eigenvalue weighted by atomic mass is 10.1. The molecule has 0 bridgehead atoms. The molecule has 0 spiro atoms. The molecular formula is C13H19NO5S. The van der Waals surface area contributed by atoms with E-state index in [0.29, 0.717) is 0 Å². The summed E-state index contributed by atoms with van der Waals surface area (Å²) >= 11 is 0. The Kier molecular flexibility index (Phi) is 5.67. The number of hydrogen-bond donors (Lipinski definition) is 2. The van der Waals surface area contributed by atoms with E-state index < -0.39 is 22.0 Å². The summed E-state index contributed by atoms with van der Waals surface area (Å²) in [6.45, 7) is 3.34. The average Bonchev–Trinajstić information content (AvgIpc) is 2.43. The number of carbonyl (C=O) groups excluding carboxylic acids is 1. The lowest BCUT2D eigenvalue weighted by molar-refractivity contribution is 0.0600. The molecule has 1 aromatic carbocycles. The second kappa shape index (κ2) is 6.83. The first kappa shape index (κ1) is 16.6. The van der Waals surface area contributed by atoms with Gasteiger partial charge in [0, 0.05) is 6.04 Å². The van der Waals surface area contributed by atoms with Crippen molar-refractivity contribution in [3.63, 3.8) is 0 Å². The third kappa shape index (κ3) is 4.03. The first-order chi connectivity index (χ1) is 9.31. The van der Waals surface area contributed by atoms with Crippen LogP contribution < -0.4 is 4.72 Å². The van der Waals surface area contributed by atoms with Crippen molar-refractivity contribution in [1.82, 2.24) is 4.72 Å².